The van der Waals surface area contributed by atoms with Crippen LogP contribution in [0, 0.1) is 19.8 Å². The number of carbonyl (C=O) groups excluding carboxylic acids is 1. The largest absolute Gasteiger partial charge is 0.460 e. The second kappa shape index (κ2) is 6.67. The summed E-state index contributed by atoms with van der Waals surface area (Å²) in [6.45, 7) is 8.66. The van der Waals surface area contributed by atoms with Gasteiger partial charge in [-0.2, -0.15) is 0 Å². The minimum Gasteiger partial charge on any atom is -0.460 e. The lowest BCUT2D eigenvalue weighted by molar-refractivity contribution is 0.0687. The van der Waals surface area contributed by atoms with Crippen LogP contribution >= 0.6 is 0 Å². The molecule has 4 rings (SSSR count). The van der Waals surface area contributed by atoms with Crippen LogP contribution in [0.5, 0.6) is 0 Å². The van der Waals surface area contributed by atoms with Crippen LogP contribution in [0.25, 0.3) is 11.1 Å². The maximum absolute atomic E-state index is 13.2. The molecule has 4 nitrogen and oxygen atoms in total. The molecule has 0 atom stereocenters. The Balaban J connectivity index is 1.70. The number of aromatic nitrogens is 1. The standard InChI is InChI=1S/C22H26N2O2/c1-15-4-6-18(7-5-15)14-24-19-12-17(3)26-21(19)13-20(24)22(25)23-10-8-16(2)9-11-23/h4-7,12-13,16H,8-11,14H2,1-3H3. The molecule has 1 aliphatic heterocycles. The van der Waals surface area contributed by atoms with Crippen LogP contribution in [0.15, 0.2) is 40.8 Å². The van der Waals surface area contributed by atoms with Gasteiger partial charge < -0.3 is 13.9 Å². The zero-order chi connectivity index (χ0) is 18.3. The predicted molar refractivity (Wildman–Crippen MR) is 104 cm³/mol. The summed E-state index contributed by atoms with van der Waals surface area (Å²) in [5.74, 6) is 1.70. The lowest BCUT2D eigenvalue weighted by atomic mass is 9.99. The molecule has 136 valence electrons. The minimum absolute atomic E-state index is 0.119. The molecule has 1 aliphatic rings. The summed E-state index contributed by atoms with van der Waals surface area (Å²) in [7, 11) is 0. The van der Waals surface area contributed by atoms with Crippen LogP contribution in [-0.4, -0.2) is 28.5 Å². The molecule has 3 aromatic rings. The summed E-state index contributed by atoms with van der Waals surface area (Å²) in [6, 6.07) is 12.4. The number of hydrogen-bond donors (Lipinski definition) is 0. The van der Waals surface area contributed by atoms with Crippen LogP contribution < -0.4 is 0 Å². The van der Waals surface area contributed by atoms with Crippen LogP contribution in [-0.2, 0) is 6.54 Å². The summed E-state index contributed by atoms with van der Waals surface area (Å²) in [6.07, 6.45) is 2.17. The first-order chi connectivity index (χ1) is 12.5. The molecule has 1 aromatic carbocycles. The number of nitrogens with zero attached hydrogens (tertiary/aromatic N) is 2. The first-order valence-electron chi connectivity index (χ1n) is 9.46. The molecule has 2 aromatic heterocycles. The van der Waals surface area contributed by atoms with E-state index in [0.29, 0.717) is 12.5 Å². The Hall–Kier alpha value is -2.49. The van der Waals surface area contributed by atoms with Crippen LogP contribution in [0.4, 0.5) is 0 Å². The Kier molecular flexibility index (Phi) is 4.35. The van der Waals surface area contributed by atoms with E-state index >= 15 is 0 Å². The zero-order valence-corrected chi connectivity index (χ0v) is 15.8. The van der Waals surface area contributed by atoms with Crippen molar-refractivity contribution in [3.05, 3.63) is 59.0 Å². The average molecular weight is 350 g/mol. The normalized spacial score (nSPS) is 15.7. The maximum atomic E-state index is 13.2. The Labute approximate surface area is 154 Å². The van der Waals surface area contributed by atoms with E-state index in [2.05, 4.69) is 42.7 Å². The van der Waals surface area contributed by atoms with Crippen molar-refractivity contribution in [3.63, 3.8) is 0 Å². The number of carbonyl (C=O) groups is 1. The molecule has 0 unspecified atom stereocenters. The van der Waals surface area contributed by atoms with Crippen molar-refractivity contribution in [3.8, 4) is 0 Å². The van der Waals surface area contributed by atoms with Crippen molar-refractivity contribution in [1.29, 1.82) is 0 Å². The summed E-state index contributed by atoms with van der Waals surface area (Å²) in [5, 5.41) is 0. The molecule has 0 bridgehead atoms. The number of rotatable bonds is 3. The van der Waals surface area contributed by atoms with Gasteiger partial charge in [0.15, 0.2) is 5.58 Å². The Morgan fingerprint density at radius 2 is 1.81 bits per heavy atom. The molecule has 1 saturated heterocycles. The lowest BCUT2D eigenvalue weighted by Gasteiger charge is -2.30. The van der Waals surface area contributed by atoms with E-state index in [9.17, 15) is 4.79 Å². The van der Waals surface area contributed by atoms with Gasteiger partial charge >= 0.3 is 0 Å². The fourth-order valence-electron chi connectivity index (χ4n) is 3.76. The van der Waals surface area contributed by atoms with Crippen LogP contribution in [0.2, 0.25) is 0 Å². The highest BCUT2D eigenvalue weighted by molar-refractivity contribution is 5.97. The van der Waals surface area contributed by atoms with Gasteiger partial charge in [-0.15, -0.1) is 0 Å². The number of amides is 1. The molecule has 0 radical (unpaired) electrons. The van der Waals surface area contributed by atoms with Gasteiger partial charge in [-0.3, -0.25) is 4.79 Å². The molecule has 26 heavy (non-hydrogen) atoms. The number of benzene rings is 1. The highest BCUT2D eigenvalue weighted by Crippen LogP contribution is 2.27. The minimum atomic E-state index is 0.119. The van der Waals surface area contributed by atoms with Gasteiger partial charge in [0.05, 0.1) is 5.52 Å². The number of fused-ring (bicyclic) bond motifs is 1. The number of aryl methyl sites for hydroxylation is 2. The molecular formula is C22H26N2O2. The number of hydrogen-bond acceptors (Lipinski definition) is 2. The molecule has 3 heterocycles. The summed E-state index contributed by atoms with van der Waals surface area (Å²) >= 11 is 0. The van der Waals surface area contributed by atoms with Crippen molar-refractivity contribution in [2.45, 2.75) is 40.2 Å². The number of likely N-dealkylation sites (tertiary alicyclic amines) is 1. The SMILES string of the molecule is Cc1ccc(Cn2c(C(=O)N3CCC(C)CC3)cc3oc(C)cc32)cc1. The first-order valence-corrected chi connectivity index (χ1v) is 9.46. The fourth-order valence-corrected chi connectivity index (χ4v) is 3.76. The van der Waals surface area contributed by atoms with Crippen molar-refractivity contribution >= 4 is 17.0 Å². The highest BCUT2D eigenvalue weighted by Gasteiger charge is 2.26. The van der Waals surface area contributed by atoms with E-state index in [1.165, 1.54) is 11.1 Å². The van der Waals surface area contributed by atoms with Gasteiger partial charge in [-0.05, 0) is 38.2 Å². The smallest absolute Gasteiger partial charge is 0.270 e. The second-order valence-corrected chi connectivity index (χ2v) is 7.68. The molecule has 0 spiro atoms. The van der Waals surface area contributed by atoms with Crippen LogP contribution in [0.1, 0.15) is 47.1 Å². The van der Waals surface area contributed by atoms with Crippen molar-refractivity contribution in [2.24, 2.45) is 5.92 Å². The Bertz CT molecular complexity index is 925. The van der Waals surface area contributed by atoms with Gasteiger partial charge in [0.25, 0.3) is 5.91 Å². The topological polar surface area (TPSA) is 38.4 Å². The summed E-state index contributed by atoms with van der Waals surface area (Å²) in [5.41, 5.74) is 4.95. The lowest BCUT2D eigenvalue weighted by Crippen LogP contribution is -2.38. The molecule has 4 heteroatoms. The van der Waals surface area contributed by atoms with E-state index in [1.807, 2.05) is 24.0 Å². The number of furan rings is 1. The van der Waals surface area contributed by atoms with Gasteiger partial charge in [0.1, 0.15) is 11.5 Å². The van der Waals surface area contributed by atoms with Crippen molar-refractivity contribution in [2.75, 3.05) is 13.1 Å². The van der Waals surface area contributed by atoms with E-state index in [-0.39, 0.29) is 5.91 Å². The van der Waals surface area contributed by atoms with Crippen molar-refractivity contribution < 1.29 is 9.21 Å². The quantitative estimate of drug-likeness (QED) is 0.682. The highest BCUT2D eigenvalue weighted by atomic mass is 16.3. The van der Waals surface area contributed by atoms with Crippen LogP contribution in [0.3, 0.4) is 0 Å². The molecule has 0 aliphatic carbocycles. The molecule has 0 N–H and O–H groups in total. The summed E-state index contributed by atoms with van der Waals surface area (Å²) in [4.78, 5) is 15.2. The Morgan fingerprint density at radius 1 is 1.12 bits per heavy atom. The van der Waals surface area contributed by atoms with Crippen molar-refractivity contribution in [1.82, 2.24) is 9.47 Å². The Morgan fingerprint density at radius 3 is 2.50 bits per heavy atom. The van der Waals surface area contributed by atoms with E-state index in [1.54, 1.807) is 0 Å². The third kappa shape index (κ3) is 3.16. The van der Waals surface area contributed by atoms with Gasteiger partial charge in [-0.25, -0.2) is 0 Å². The zero-order valence-electron chi connectivity index (χ0n) is 15.8. The van der Waals surface area contributed by atoms with Gasteiger partial charge in [-0.1, -0.05) is 36.8 Å². The van der Waals surface area contributed by atoms with E-state index in [0.717, 1.165) is 48.5 Å². The van der Waals surface area contributed by atoms with Gasteiger partial charge in [0.2, 0.25) is 0 Å². The maximum Gasteiger partial charge on any atom is 0.270 e. The van der Waals surface area contributed by atoms with E-state index in [4.69, 9.17) is 4.42 Å². The molecule has 0 saturated carbocycles. The predicted octanol–water partition coefficient (Wildman–Crippen LogP) is 4.77. The second-order valence-electron chi connectivity index (χ2n) is 7.68. The van der Waals surface area contributed by atoms with E-state index < -0.39 is 0 Å². The number of piperidine rings is 1. The molecule has 1 fully saturated rings. The summed E-state index contributed by atoms with van der Waals surface area (Å²) < 4.78 is 7.92. The molecular weight excluding hydrogens is 324 g/mol. The third-order valence-corrected chi connectivity index (χ3v) is 5.46. The fraction of sp³-hybridized carbons (Fsp3) is 0.409. The third-order valence-electron chi connectivity index (χ3n) is 5.46. The molecule has 1 amide bonds. The average Bonchev–Trinajstić information content (AvgIpc) is 3.14. The van der Waals surface area contributed by atoms with Gasteiger partial charge in [0, 0.05) is 31.8 Å². The first kappa shape index (κ1) is 17.0. The monoisotopic (exact) mass is 350 g/mol.